The van der Waals surface area contributed by atoms with E-state index in [1.165, 1.54) is 11.1 Å². The summed E-state index contributed by atoms with van der Waals surface area (Å²) in [5, 5.41) is 0. The van der Waals surface area contributed by atoms with E-state index in [2.05, 4.69) is 43.0 Å². The predicted molar refractivity (Wildman–Crippen MR) is 74.5 cm³/mol. The number of nitrogens with two attached hydrogens (primary N) is 1. The standard InChI is InChI=1S/C15H24N2O/c1-15(2)12-17(9-10-18-15)11-14-6-4-3-5-13(14)7-8-16/h3-6H,7-12,16H2,1-2H3. The Kier molecular flexibility index (Phi) is 4.38. The smallest absolute Gasteiger partial charge is 0.0753 e. The molecule has 0 bridgehead atoms. The molecule has 0 saturated carbocycles. The molecule has 2 rings (SSSR count). The van der Waals surface area contributed by atoms with E-state index >= 15 is 0 Å². The molecule has 0 radical (unpaired) electrons. The van der Waals surface area contributed by atoms with Crippen molar-refractivity contribution >= 4 is 0 Å². The molecule has 0 spiro atoms. The molecule has 1 heterocycles. The predicted octanol–water partition coefficient (Wildman–Crippen LogP) is 1.80. The zero-order chi connectivity index (χ0) is 13.0. The first-order chi connectivity index (χ1) is 8.61. The van der Waals surface area contributed by atoms with Crippen LogP contribution in [0.15, 0.2) is 24.3 Å². The first kappa shape index (κ1) is 13.5. The number of nitrogens with zero attached hydrogens (tertiary/aromatic N) is 1. The lowest BCUT2D eigenvalue weighted by atomic mass is 10.0. The lowest BCUT2D eigenvalue weighted by Crippen LogP contribution is -2.47. The Morgan fingerprint density at radius 1 is 1.28 bits per heavy atom. The second-order valence-electron chi connectivity index (χ2n) is 5.63. The van der Waals surface area contributed by atoms with E-state index in [0.29, 0.717) is 6.54 Å². The number of rotatable bonds is 4. The van der Waals surface area contributed by atoms with Gasteiger partial charge in [0.05, 0.1) is 12.2 Å². The van der Waals surface area contributed by atoms with Crippen LogP contribution in [0.3, 0.4) is 0 Å². The molecule has 0 unspecified atom stereocenters. The van der Waals surface area contributed by atoms with Crippen molar-refractivity contribution in [3.05, 3.63) is 35.4 Å². The summed E-state index contributed by atoms with van der Waals surface area (Å²) in [5.74, 6) is 0. The zero-order valence-corrected chi connectivity index (χ0v) is 11.5. The second kappa shape index (κ2) is 5.83. The van der Waals surface area contributed by atoms with Gasteiger partial charge in [0.1, 0.15) is 0 Å². The summed E-state index contributed by atoms with van der Waals surface area (Å²) in [4.78, 5) is 2.47. The summed E-state index contributed by atoms with van der Waals surface area (Å²) in [5.41, 5.74) is 8.43. The van der Waals surface area contributed by atoms with E-state index < -0.39 is 0 Å². The van der Waals surface area contributed by atoms with E-state index in [1.807, 2.05) is 0 Å². The topological polar surface area (TPSA) is 38.5 Å². The van der Waals surface area contributed by atoms with Crippen molar-refractivity contribution in [1.29, 1.82) is 0 Å². The van der Waals surface area contributed by atoms with Gasteiger partial charge in [-0.3, -0.25) is 4.90 Å². The molecular weight excluding hydrogens is 224 g/mol. The summed E-state index contributed by atoms with van der Waals surface area (Å²) >= 11 is 0. The number of ether oxygens (including phenoxy) is 1. The van der Waals surface area contributed by atoms with Crippen LogP contribution < -0.4 is 5.73 Å². The molecule has 18 heavy (non-hydrogen) atoms. The van der Waals surface area contributed by atoms with Gasteiger partial charge in [0.25, 0.3) is 0 Å². The molecule has 1 aromatic rings. The fourth-order valence-corrected chi connectivity index (χ4v) is 2.60. The summed E-state index contributed by atoms with van der Waals surface area (Å²) in [6.07, 6.45) is 0.962. The van der Waals surface area contributed by atoms with Gasteiger partial charge in [-0.05, 0) is 37.9 Å². The normalized spacial score (nSPS) is 19.9. The first-order valence-electron chi connectivity index (χ1n) is 6.74. The Bertz CT molecular complexity index is 390. The third-order valence-corrected chi connectivity index (χ3v) is 3.43. The number of morpholine rings is 1. The monoisotopic (exact) mass is 248 g/mol. The van der Waals surface area contributed by atoms with Gasteiger partial charge in [-0.25, -0.2) is 0 Å². The number of hydrogen-bond donors (Lipinski definition) is 1. The van der Waals surface area contributed by atoms with Crippen LogP contribution in [0.2, 0.25) is 0 Å². The van der Waals surface area contributed by atoms with Crippen LogP contribution in [-0.2, 0) is 17.7 Å². The quantitative estimate of drug-likeness (QED) is 0.883. The first-order valence-corrected chi connectivity index (χ1v) is 6.74. The van der Waals surface area contributed by atoms with Crippen LogP contribution in [0.5, 0.6) is 0 Å². The molecular formula is C15H24N2O. The summed E-state index contributed by atoms with van der Waals surface area (Å²) in [6, 6.07) is 8.61. The minimum Gasteiger partial charge on any atom is -0.373 e. The van der Waals surface area contributed by atoms with E-state index in [1.54, 1.807) is 0 Å². The molecule has 2 N–H and O–H groups in total. The van der Waals surface area contributed by atoms with Crippen LogP contribution in [0, 0.1) is 0 Å². The van der Waals surface area contributed by atoms with Crippen molar-refractivity contribution in [2.24, 2.45) is 5.73 Å². The molecule has 1 saturated heterocycles. The average molecular weight is 248 g/mol. The Labute approximate surface area is 110 Å². The van der Waals surface area contributed by atoms with Gasteiger partial charge >= 0.3 is 0 Å². The molecule has 0 atom stereocenters. The van der Waals surface area contributed by atoms with Crippen molar-refractivity contribution in [3.8, 4) is 0 Å². The Hall–Kier alpha value is -0.900. The highest BCUT2D eigenvalue weighted by Crippen LogP contribution is 2.20. The SMILES string of the molecule is CC1(C)CN(Cc2ccccc2CCN)CCO1. The van der Waals surface area contributed by atoms with E-state index in [4.69, 9.17) is 10.5 Å². The van der Waals surface area contributed by atoms with Crippen molar-refractivity contribution in [1.82, 2.24) is 4.90 Å². The molecule has 0 aromatic heterocycles. The third kappa shape index (κ3) is 3.55. The van der Waals surface area contributed by atoms with Crippen molar-refractivity contribution in [2.75, 3.05) is 26.2 Å². The number of benzene rings is 1. The van der Waals surface area contributed by atoms with E-state index in [-0.39, 0.29) is 5.60 Å². The van der Waals surface area contributed by atoms with Gasteiger partial charge in [0.15, 0.2) is 0 Å². The van der Waals surface area contributed by atoms with Crippen LogP contribution in [0.4, 0.5) is 0 Å². The zero-order valence-electron chi connectivity index (χ0n) is 11.5. The van der Waals surface area contributed by atoms with Crippen molar-refractivity contribution in [2.45, 2.75) is 32.4 Å². The van der Waals surface area contributed by atoms with Crippen LogP contribution >= 0.6 is 0 Å². The second-order valence-corrected chi connectivity index (χ2v) is 5.63. The van der Waals surface area contributed by atoms with Crippen LogP contribution in [0.25, 0.3) is 0 Å². The largest absolute Gasteiger partial charge is 0.373 e. The lowest BCUT2D eigenvalue weighted by molar-refractivity contribution is -0.0883. The van der Waals surface area contributed by atoms with Crippen LogP contribution in [-0.4, -0.2) is 36.7 Å². The number of hydrogen-bond acceptors (Lipinski definition) is 3. The van der Waals surface area contributed by atoms with Crippen molar-refractivity contribution < 1.29 is 4.74 Å². The molecule has 0 amide bonds. The summed E-state index contributed by atoms with van der Waals surface area (Å²) in [6.45, 7) is 8.86. The molecule has 1 aromatic carbocycles. The molecule has 1 aliphatic rings. The average Bonchev–Trinajstić information content (AvgIpc) is 2.31. The van der Waals surface area contributed by atoms with E-state index in [0.717, 1.165) is 32.7 Å². The maximum absolute atomic E-state index is 5.75. The minimum atomic E-state index is -0.0267. The highest BCUT2D eigenvalue weighted by atomic mass is 16.5. The lowest BCUT2D eigenvalue weighted by Gasteiger charge is -2.38. The Balaban J connectivity index is 2.04. The van der Waals surface area contributed by atoms with Gasteiger partial charge in [-0.15, -0.1) is 0 Å². The van der Waals surface area contributed by atoms with Gasteiger partial charge in [-0.1, -0.05) is 24.3 Å². The van der Waals surface area contributed by atoms with Gasteiger partial charge < -0.3 is 10.5 Å². The van der Waals surface area contributed by atoms with Gasteiger partial charge in [-0.2, -0.15) is 0 Å². The molecule has 100 valence electrons. The maximum Gasteiger partial charge on any atom is 0.0753 e. The molecule has 3 heteroatoms. The Morgan fingerprint density at radius 3 is 2.67 bits per heavy atom. The highest BCUT2D eigenvalue weighted by molar-refractivity contribution is 5.27. The molecule has 3 nitrogen and oxygen atoms in total. The molecule has 0 aliphatic carbocycles. The molecule has 1 fully saturated rings. The third-order valence-electron chi connectivity index (χ3n) is 3.43. The van der Waals surface area contributed by atoms with Gasteiger partial charge in [0.2, 0.25) is 0 Å². The summed E-state index contributed by atoms with van der Waals surface area (Å²) in [7, 11) is 0. The fourth-order valence-electron chi connectivity index (χ4n) is 2.60. The van der Waals surface area contributed by atoms with Crippen LogP contribution in [0.1, 0.15) is 25.0 Å². The summed E-state index contributed by atoms with van der Waals surface area (Å²) < 4.78 is 5.75. The van der Waals surface area contributed by atoms with Gasteiger partial charge in [0, 0.05) is 19.6 Å². The Morgan fingerprint density at radius 2 is 2.00 bits per heavy atom. The molecule has 1 aliphatic heterocycles. The highest BCUT2D eigenvalue weighted by Gasteiger charge is 2.27. The fraction of sp³-hybridized carbons (Fsp3) is 0.600. The maximum atomic E-state index is 5.75. The minimum absolute atomic E-state index is 0.0267. The van der Waals surface area contributed by atoms with E-state index in [9.17, 15) is 0 Å². The van der Waals surface area contributed by atoms with Crippen molar-refractivity contribution in [3.63, 3.8) is 0 Å².